The van der Waals surface area contributed by atoms with Crippen molar-refractivity contribution in [1.29, 1.82) is 0 Å². The quantitative estimate of drug-likeness (QED) is 0.779. The van der Waals surface area contributed by atoms with Crippen molar-refractivity contribution in [3.8, 4) is 5.69 Å². The number of hydrogen-bond donors (Lipinski definition) is 1. The Labute approximate surface area is 124 Å². The Bertz CT molecular complexity index is 759. The molecule has 0 atom stereocenters. The molecule has 104 valence electrons. The normalized spacial score (nSPS) is 13.1. The molecular weight excluding hydrogens is 258 g/mol. The molecule has 0 aliphatic heterocycles. The summed E-state index contributed by atoms with van der Waals surface area (Å²) < 4.78 is 2.10. The lowest BCUT2D eigenvalue weighted by atomic mass is 10.1. The highest BCUT2D eigenvalue weighted by Crippen LogP contribution is 2.26. The Balaban J connectivity index is 1.69. The third-order valence-electron chi connectivity index (χ3n) is 4.03. The molecule has 1 aromatic heterocycles. The molecule has 0 spiro atoms. The molecule has 3 nitrogen and oxygen atoms in total. The minimum Gasteiger partial charge on any atom is -0.325 e. The van der Waals surface area contributed by atoms with Gasteiger partial charge in [-0.2, -0.15) is 0 Å². The first-order valence-corrected chi connectivity index (χ1v) is 7.38. The van der Waals surface area contributed by atoms with Crippen LogP contribution < -0.4 is 5.32 Å². The topological polar surface area (TPSA) is 29.9 Å². The van der Waals surface area contributed by atoms with Crippen LogP contribution in [-0.4, -0.2) is 9.55 Å². The van der Waals surface area contributed by atoms with Crippen molar-refractivity contribution in [2.45, 2.75) is 19.3 Å². The van der Waals surface area contributed by atoms with E-state index in [1.54, 1.807) is 0 Å². The van der Waals surface area contributed by atoms with Crippen LogP contribution in [0.15, 0.2) is 60.9 Å². The highest BCUT2D eigenvalue weighted by molar-refractivity contribution is 5.56. The zero-order valence-electron chi connectivity index (χ0n) is 11.8. The first kappa shape index (κ1) is 12.2. The van der Waals surface area contributed by atoms with Gasteiger partial charge in [0.2, 0.25) is 5.95 Å². The van der Waals surface area contributed by atoms with E-state index in [4.69, 9.17) is 0 Å². The van der Waals surface area contributed by atoms with E-state index in [0.29, 0.717) is 0 Å². The van der Waals surface area contributed by atoms with Crippen molar-refractivity contribution < 1.29 is 0 Å². The minimum absolute atomic E-state index is 0.846. The van der Waals surface area contributed by atoms with E-state index >= 15 is 0 Å². The monoisotopic (exact) mass is 275 g/mol. The Hall–Kier alpha value is -2.55. The maximum Gasteiger partial charge on any atom is 0.212 e. The third-order valence-corrected chi connectivity index (χ3v) is 4.03. The average molecular weight is 275 g/mol. The van der Waals surface area contributed by atoms with Crippen LogP contribution >= 0.6 is 0 Å². The van der Waals surface area contributed by atoms with Crippen LogP contribution in [0.2, 0.25) is 0 Å². The van der Waals surface area contributed by atoms with Gasteiger partial charge in [0, 0.05) is 23.8 Å². The summed E-state index contributed by atoms with van der Waals surface area (Å²) in [6.07, 6.45) is 7.52. The van der Waals surface area contributed by atoms with Gasteiger partial charge in [-0.25, -0.2) is 4.98 Å². The van der Waals surface area contributed by atoms with Gasteiger partial charge in [-0.3, -0.25) is 4.57 Å². The van der Waals surface area contributed by atoms with Crippen LogP contribution in [0.5, 0.6) is 0 Å². The van der Waals surface area contributed by atoms with Gasteiger partial charge in [-0.1, -0.05) is 24.3 Å². The molecular formula is C18H17N3. The van der Waals surface area contributed by atoms with E-state index in [0.717, 1.165) is 11.6 Å². The van der Waals surface area contributed by atoms with Crippen LogP contribution in [0.1, 0.15) is 17.5 Å². The number of nitrogens with zero attached hydrogens (tertiary/aromatic N) is 2. The summed E-state index contributed by atoms with van der Waals surface area (Å²) in [7, 11) is 0. The van der Waals surface area contributed by atoms with Crippen LogP contribution in [0.4, 0.5) is 11.6 Å². The number of nitrogens with one attached hydrogen (secondary N) is 1. The van der Waals surface area contributed by atoms with Gasteiger partial charge in [0.05, 0.1) is 0 Å². The summed E-state index contributed by atoms with van der Waals surface area (Å²) in [5, 5.41) is 3.37. The summed E-state index contributed by atoms with van der Waals surface area (Å²) in [5.41, 5.74) is 5.20. The number of imidazole rings is 1. The molecule has 1 N–H and O–H groups in total. The van der Waals surface area contributed by atoms with E-state index in [-0.39, 0.29) is 0 Å². The summed E-state index contributed by atoms with van der Waals surface area (Å²) in [6.45, 7) is 0. The Morgan fingerprint density at radius 1 is 0.952 bits per heavy atom. The molecule has 3 heteroatoms. The van der Waals surface area contributed by atoms with Gasteiger partial charge in [0.1, 0.15) is 0 Å². The molecule has 3 aromatic rings. The van der Waals surface area contributed by atoms with Gasteiger partial charge in [0.15, 0.2) is 0 Å². The minimum atomic E-state index is 0.846. The maximum absolute atomic E-state index is 4.43. The predicted octanol–water partition coefficient (Wildman–Crippen LogP) is 4.10. The summed E-state index contributed by atoms with van der Waals surface area (Å²) in [6, 6.07) is 16.9. The zero-order valence-corrected chi connectivity index (χ0v) is 11.8. The smallest absolute Gasteiger partial charge is 0.212 e. The Morgan fingerprint density at radius 2 is 1.81 bits per heavy atom. The maximum atomic E-state index is 4.43. The Morgan fingerprint density at radius 3 is 2.71 bits per heavy atom. The second-order valence-electron chi connectivity index (χ2n) is 5.42. The molecule has 1 aliphatic carbocycles. The number of anilines is 2. The molecule has 4 rings (SSSR count). The van der Waals surface area contributed by atoms with Crippen LogP contribution in [-0.2, 0) is 12.8 Å². The molecule has 0 amide bonds. The molecule has 0 bridgehead atoms. The summed E-state index contributed by atoms with van der Waals surface area (Å²) >= 11 is 0. The van der Waals surface area contributed by atoms with E-state index in [1.807, 2.05) is 42.7 Å². The number of para-hydroxylation sites is 1. The van der Waals surface area contributed by atoms with Gasteiger partial charge in [-0.05, 0) is 54.7 Å². The van der Waals surface area contributed by atoms with Crippen LogP contribution in [0.25, 0.3) is 5.69 Å². The van der Waals surface area contributed by atoms with Crippen molar-refractivity contribution in [2.75, 3.05) is 5.32 Å². The summed E-state index contributed by atoms with van der Waals surface area (Å²) in [4.78, 5) is 4.43. The van der Waals surface area contributed by atoms with Gasteiger partial charge < -0.3 is 5.32 Å². The number of rotatable bonds is 3. The van der Waals surface area contributed by atoms with Crippen molar-refractivity contribution in [1.82, 2.24) is 9.55 Å². The number of aromatic nitrogens is 2. The van der Waals surface area contributed by atoms with E-state index in [2.05, 4.69) is 33.1 Å². The third kappa shape index (κ3) is 2.31. The molecule has 0 fully saturated rings. The molecule has 0 saturated heterocycles. The lowest BCUT2D eigenvalue weighted by Gasteiger charge is -2.11. The highest BCUT2D eigenvalue weighted by Gasteiger charge is 2.12. The van der Waals surface area contributed by atoms with E-state index in [1.165, 1.54) is 36.1 Å². The van der Waals surface area contributed by atoms with Crippen molar-refractivity contribution in [3.05, 3.63) is 72.1 Å². The van der Waals surface area contributed by atoms with Crippen molar-refractivity contribution in [2.24, 2.45) is 0 Å². The molecule has 1 heterocycles. The van der Waals surface area contributed by atoms with Crippen molar-refractivity contribution >= 4 is 11.6 Å². The molecule has 0 unspecified atom stereocenters. The fourth-order valence-electron chi connectivity index (χ4n) is 2.96. The first-order chi connectivity index (χ1) is 10.4. The number of hydrogen-bond acceptors (Lipinski definition) is 2. The van der Waals surface area contributed by atoms with Crippen LogP contribution in [0.3, 0.4) is 0 Å². The second kappa shape index (κ2) is 5.09. The number of fused-ring (bicyclic) bond motifs is 1. The summed E-state index contributed by atoms with van der Waals surface area (Å²) in [5.74, 6) is 0.846. The number of aryl methyl sites for hydroxylation is 2. The molecule has 1 aliphatic rings. The van der Waals surface area contributed by atoms with Gasteiger partial charge in [0.25, 0.3) is 0 Å². The van der Waals surface area contributed by atoms with E-state index in [9.17, 15) is 0 Å². The van der Waals surface area contributed by atoms with Gasteiger partial charge >= 0.3 is 0 Å². The zero-order chi connectivity index (χ0) is 14.1. The molecule has 2 aromatic carbocycles. The predicted molar refractivity (Wildman–Crippen MR) is 85.3 cm³/mol. The molecule has 0 saturated carbocycles. The largest absolute Gasteiger partial charge is 0.325 e. The fraction of sp³-hybridized carbons (Fsp3) is 0.167. The standard InChI is InChI=1S/C18H17N3/c1-2-7-16(8-3-1)20-18-19-11-12-21(18)17-10-9-14-5-4-6-15(14)13-17/h1-3,7-13H,4-6H2,(H,19,20). The van der Waals surface area contributed by atoms with Crippen molar-refractivity contribution in [3.63, 3.8) is 0 Å². The second-order valence-corrected chi connectivity index (χ2v) is 5.42. The molecule has 21 heavy (non-hydrogen) atoms. The fourth-order valence-corrected chi connectivity index (χ4v) is 2.96. The highest BCUT2D eigenvalue weighted by atomic mass is 15.2. The lowest BCUT2D eigenvalue weighted by Crippen LogP contribution is -2.01. The average Bonchev–Trinajstić information content (AvgIpc) is 3.16. The first-order valence-electron chi connectivity index (χ1n) is 7.38. The number of benzene rings is 2. The van der Waals surface area contributed by atoms with E-state index < -0.39 is 0 Å². The molecule has 0 radical (unpaired) electrons. The SMILES string of the molecule is c1ccc(Nc2nccn2-c2ccc3c(c2)CCC3)cc1. The Kier molecular flexibility index (Phi) is 2.96. The van der Waals surface area contributed by atoms with Crippen LogP contribution in [0, 0.1) is 0 Å². The lowest BCUT2D eigenvalue weighted by molar-refractivity contribution is 0.911. The van der Waals surface area contributed by atoms with Gasteiger partial charge in [-0.15, -0.1) is 0 Å².